The Morgan fingerprint density at radius 3 is 2.29 bits per heavy atom. The summed E-state index contributed by atoms with van der Waals surface area (Å²) >= 11 is 0. The number of hydrogen-bond acceptors (Lipinski definition) is 5. The summed E-state index contributed by atoms with van der Waals surface area (Å²) in [7, 11) is 0. The minimum Gasteiger partial charge on any atom is -0.459 e. The van der Waals surface area contributed by atoms with Crippen molar-refractivity contribution in [2.75, 3.05) is 30.3 Å². The summed E-state index contributed by atoms with van der Waals surface area (Å²) in [4.78, 5) is 37.8. The second-order valence-electron chi connectivity index (χ2n) is 6.46. The van der Waals surface area contributed by atoms with E-state index in [-0.39, 0.29) is 29.6 Å². The smallest absolute Gasteiger partial charge is 0.409 e. The Morgan fingerprint density at radius 1 is 1.07 bits per heavy atom. The maximum absolute atomic E-state index is 12.5. The van der Waals surface area contributed by atoms with Gasteiger partial charge in [-0.15, -0.1) is 0 Å². The summed E-state index contributed by atoms with van der Waals surface area (Å²) in [6.07, 6.45) is 2.31. The number of ether oxygens (including phenoxy) is 1. The van der Waals surface area contributed by atoms with Crippen LogP contribution in [-0.2, 0) is 9.53 Å². The van der Waals surface area contributed by atoms with E-state index in [9.17, 15) is 14.4 Å². The number of furan rings is 1. The van der Waals surface area contributed by atoms with Crippen LogP contribution in [0, 0.1) is 5.92 Å². The average Bonchev–Trinajstić information content (AvgIpc) is 3.25. The maximum Gasteiger partial charge on any atom is 0.409 e. The van der Waals surface area contributed by atoms with Crippen LogP contribution in [0.2, 0.25) is 0 Å². The number of rotatable bonds is 5. The molecule has 3 rings (SSSR count). The molecule has 0 atom stereocenters. The number of hydrogen-bond donors (Lipinski definition) is 2. The van der Waals surface area contributed by atoms with E-state index in [0.717, 1.165) is 0 Å². The third kappa shape index (κ3) is 4.91. The third-order valence-electron chi connectivity index (χ3n) is 4.55. The second kappa shape index (κ2) is 9.07. The summed E-state index contributed by atoms with van der Waals surface area (Å²) in [5, 5.41) is 5.60. The third-order valence-corrected chi connectivity index (χ3v) is 4.55. The molecule has 2 N–H and O–H groups in total. The van der Waals surface area contributed by atoms with Gasteiger partial charge in [0.1, 0.15) is 0 Å². The molecule has 0 bridgehead atoms. The fraction of sp³-hybridized carbons (Fsp3) is 0.350. The van der Waals surface area contributed by atoms with Crippen LogP contribution < -0.4 is 10.6 Å². The number of amides is 3. The number of nitrogens with zero attached hydrogens (tertiary/aromatic N) is 1. The van der Waals surface area contributed by atoms with Gasteiger partial charge in [0.05, 0.1) is 12.9 Å². The first-order valence-electron chi connectivity index (χ1n) is 9.24. The Hall–Kier alpha value is -3.29. The van der Waals surface area contributed by atoms with E-state index in [1.165, 1.54) is 6.26 Å². The number of nitrogens with one attached hydrogen (secondary N) is 2. The molecule has 1 saturated heterocycles. The highest BCUT2D eigenvalue weighted by Crippen LogP contribution is 2.21. The Balaban J connectivity index is 1.48. The van der Waals surface area contributed by atoms with E-state index >= 15 is 0 Å². The summed E-state index contributed by atoms with van der Waals surface area (Å²) < 4.78 is 10.0. The van der Waals surface area contributed by atoms with Crippen molar-refractivity contribution in [3.05, 3.63) is 48.4 Å². The molecule has 0 unspecified atom stereocenters. The number of carbonyl (C=O) groups is 3. The number of anilines is 2. The molecule has 28 heavy (non-hydrogen) atoms. The topological polar surface area (TPSA) is 101 Å². The van der Waals surface area contributed by atoms with Gasteiger partial charge in [-0.05, 0) is 56.2 Å². The standard InChI is InChI=1S/C20H23N3O5/c1-2-27-20(26)23-11-9-14(10-12-23)18(24)21-15-5-7-16(8-6-15)22-19(25)17-4-3-13-28-17/h3-8,13-14H,2,9-12H2,1H3,(H,21,24)(H,22,25). The number of carbonyl (C=O) groups excluding carboxylic acids is 3. The van der Waals surface area contributed by atoms with Crippen LogP contribution in [0.4, 0.5) is 16.2 Å². The highest BCUT2D eigenvalue weighted by molar-refractivity contribution is 6.02. The largest absolute Gasteiger partial charge is 0.459 e. The molecule has 2 aromatic rings. The molecule has 1 aliphatic rings. The summed E-state index contributed by atoms with van der Waals surface area (Å²) in [5.41, 5.74) is 1.25. The second-order valence-corrected chi connectivity index (χ2v) is 6.46. The summed E-state index contributed by atoms with van der Waals surface area (Å²) in [6.45, 7) is 3.13. The van der Waals surface area contributed by atoms with Gasteiger partial charge in [-0.2, -0.15) is 0 Å². The van der Waals surface area contributed by atoms with Gasteiger partial charge in [0.25, 0.3) is 5.91 Å². The van der Waals surface area contributed by atoms with Crippen LogP contribution in [0.1, 0.15) is 30.3 Å². The number of piperidine rings is 1. The Labute approximate surface area is 162 Å². The van der Waals surface area contributed by atoms with Crippen molar-refractivity contribution in [1.29, 1.82) is 0 Å². The highest BCUT2D eigenvalue weighted by atomic mass is 16.6. The van der Waals surface area contributed by atoms with E-state index < -0.39 is 0 Å². The summed E-state index contributed by atoms with van der Waals surface area (Å²) in [5.74, 6) is -0.332. The van der Waals surface area contributed by atoms with Crippen molar-refractivity contribution in [2.24, 2.45) is 5.92 Å². The average molecular weight is 385 g/mol. The van der Waals surface area contributed by atoms with Gasteiger partial charge in [-0.3, -0.25) is 9.59 Å². The molecular formula is C20H23N3O5. The Morgan fingerprint density at radius 2 is 1.71 bits per heavy atom. The van der Waals surface area contributed by atoms with Crippen LogP contribution in [0.15, 0.2) is 47.1 Å². The predicted octanol–water partition coefficient (Wildman–Crippen LogP) is 3.34. The quantitative estimate of drug-likeness (QED) is 0.822. The Bertz CT molecular complexity index is 809. The Kier molecular flexibility index (Phi) is 6.31. The number of benzene rings is 1. The zero-order valence-electron chi connectivity index (χ0n) is 15.6. The van der Waals surface area contributed by atoms with Gasteiger partial charge in [0.15, 0.2) is 5.76 Å². The fourth-order valence-corrected chi connectivity index (χ4v) is 3.02. The molecular weight excluding hydrogens is 362 g/mol. The molecule has 148 valence electrons. The normalized spacial score (nSPS) is 14.4. The van der Waals surface area contributed by atoms with Gasteiger partial charge in [-0.1, -0.05) is 0 Å². The minimum absolute atomic E-state index is 0.0733. The molecule has 2 heterocycles. The molecule has 8 nitrogen and oxygen atoms in total. The molecule has 3 amide bonds. The lowest BCUT2D eigenvalue weighted by molar-refractivity contribution is -0.121. The molecule has 1 aromatic heterocycles. The van der Waals surface area contributed by atoms with E-state index in [0.29, 0.717) is 43.9 Å². The van der Waals surface area contributed by atoms with Crippen molar-refractivity contribution >= 4 is 29.3 Å². The first kappa shape index (κ1) is 19.5. The lowest BCUT2D eigenvalue weighted by Crippen LogP contribution is -2.41. The predicted molar refractivity (Wildman–Crippen MR) is 103 cm³/mol. The SMILES string of the molecule is CCOC(=O)N1CCC(C(=O)Nc2ccc(NC(=O)c3ccco3)cc2)CC1. The van der Waals surface area contributed by atoms with Gasteiger partial charge in [0, 0.05) is 30.4 Å². The molecule has 0 radical (unpaired) electrons. The first-order valence-corrected chi connectivity index (χ1v) is 9.24. The van der Waals surface area contributed by atoms with E-state index in [1.54, 1.807) is 48.2 Å². The fourth-order valence-electron chi connectivity index (χ4n) is 3.02. The van der Waals surface area contributed by atoms with Crippen LogP contribution in [0.3, 0.4) is 0 Å². The van der Waals surface area contributed by atoms with Crippen LogP contribution in [-0.4, -0.2) is 42.5 Å². The lowest BCUT2D eigenvalue weighted by atomic mass is 9.96. The molecule has 0 saturated carbocycles. The van der Waals surface area contributed by atoms with Crippen molar-refractivity contribution in [3.63, 3.8) is 0 Å². The van der Waals surface area contributed by atoms with Crippen molar-refractivity contribution in [1.82, 2.24) is 4.90 Å². The van der Waals surface area contributed by atoms with E-state index in [4.69, 9.17) is 9.15 Å². The van der Waals surface area contributed by atoms with Gasteiger partial charge in [-0.25, -0.2) is 4.79 Å². The number of likely N-dealkylation sites (tertiary alicyclic amines) is 1. The molecule has 8 heteroatoms. The van der Waals surface area contributed by atoms with E-state index in [2.05, 4.69) is 10.6 Å². The molecule has 1 fully saturated rings. The zero-order chi connectivity index (χ0) is 19.9. The molecule has 0 spiro atoms. The lowest BCUT2D eigenvalue weighted by Gasteiger charge is -2.30. The zero-order valence-corrected chi connectivity index (χ0v) is 15.6. The van der Waals surface area contributed by atoms with Crippen molar-refractivity contribution < 1.29 is 23.5 Å². The van der Waals surface area contributed by atoms with Gasteiger partial charge in [0.2, 0.25) is 5.91 Å². The van der Waals surface area contributed by atoms with E-state index in [1.807, 2.05) is 0 Å². The van der Waals surface area contributed by atoms with Crippen LogP contribution in [0.25, 0.3) is 0 Å². The maximum atomic E-state index is 12.5. The summed E-state index contributed by atoms with van der Waals surface area (Å²) in [6, 6.07) is 10.1. The first-order chi connectivity index (χ1) is 13.6. The monoisotopic (exact) mass is 385 g/mol. The van der Waals surface area contributed by atoms with Crippen LogP contribution >= 0.6 is 0 Å². The van der Waals surface area contributed by atoms with Crippen molar-refractivity contribution in [3.8, 4) is 0 Å². The molecule has 0 aliphatic carbocycles. The highest BCUT2D eigenvalue weighted by Gasteiger charge is 2.27. The molecule has 1 aromatic carbocycles. The molecule has 1 aliphatic heterocycles. The van der Waals surface area contributed by atoms with Gasteiger partial charge < -0.3 is 24.7 Å². The van der Waals surface area contributed by atoms with Crippen molar-refractivity contribution in [2.45, 2.75) is 19.8 Å². The van der Waals surface area contributed by atoms with Gasteiger partial charge >= 0.3 is 6.09 Å². The minimum atomic E-state index is -0.338. The van der Waals surface area contributed by atoms with Crippen LogP contribution in [0.5, 0.6) is 0 Å².